The van der Waals surface area contributed by atoms with Crippen LogP contribution in [0.5, 0.6) is 5.75 Å². The Kier molecular flexibility index (Phi) is 6.62. The first-order chi connectivity index (χ1) is 14.7. The number of hydrogen-bond donors (Lipinski definition) is 0. The second kappa shape index (κ2) is 9.03. The average Bonchev–Trinajstić information content (AvgIpc) is 2.75. The molecule has 0 spiro atoms. The molecular formula is C22H17ClF2O5S. The van der Waals surface area contributed by atoms with Crippen LogP contribution in [0.15, 0.2) is 59.5 Å². The third-order valence-corrected chi connectivity index (χ3v) is 6.48. The van der Waals surface area contributed by atoms with Gasteiger partial charge in [-0.15, -0.1) is 0 Å². The predicted molar refractivity (Wildman–Crippen MR) is 112 cm³/mol. The molecular weight excluding hydrogens is 450 g/mol. The molecule has 0 amide bonds. The molecule has 3 aromatic carbocycles. The van der Waals surface area contributed by atoms with Crippen LogP contribution in [-0.4, -0.2) is 28.6 Å². The molecule has 3 rings (SSSR count). The minimum absolute atomic E-state index is 0.0560. The highest BCUT2D eigenvalue weighted by Crippen LogP contribution is 2.36. The van der Waals surface area contributed by atoms with Crippen LogP contribution in [0.1, 0.15) is 15.9 Å². The SMILES string of the molecule is COC(=O)c1cc(Cl)c(OC)c(S(=O)(=O)Cc2cc(-c3ccccc3)c(F)cc2F)c1. The molecule has 3 aromatic rings. The molecule has 0 aliphatic carbocycles. The van der Waals surface area contributed by atoms with Crippen LogP contribution in [0.4, 0.5) is 8.78 Å². The number of carbonyl (C=O) groups excluding carboxylic acids is 1. The summed E-state index contributed by atoms with van der Waals surface area (Å²) in [6, 6.07) is 12.4. The van der Waals surface area contributed by atoms with Gasteiger partial charge in [0, 0.05) is 17.2 Å². The Morgan fingerprint density at radius 2 is 1.68 bits per heavy atom. The van der Waals surface area contributed by atoms with Crippen molar-refractivity contribution in [1.82, 2.24) is 0 Å². The molecule has 9 heteroatoms. The number of hydrogen-bond acceptors (Lipinski definition) is 5. The molecule has 0 unspecified atom stereocenters. The third kappa shape index (κ3) is 4.70. The van der Waals surface area contributed by atoms with Gasteiger partial charge in [-0.3, -0.25) is 0 Å². The van der Waals surface area contributed by atoms with E-state index in [1.165, 1.54) is 13.2 Å². The first kappa shape index (κ1) is 22.7. The van der Waals surface area contributed by atoms with Crippen LogP contribution in [0.2, 0.25) is 5.02 Å². The zero-order valence-corrected chi connectivity index (χ0v) is 18.1. The lowest BCUT2D eigenvalue weighted by atomic mass is 10.0. The molecule has 162 valence electrons. The number of rotatable bonds is 6. The second-order valence-corrected chi connectivity index (χ2v) is 8.89. The normalized spacial score (nSPS) is 11.3. The van der Waals surface area contributed by atoms with Gasteiger partial charge in [0.25, 0.3) is 0 Å². The zero-order chi connectivity index (χ0) is 22.8. The lowest BCUT2D eigenvalue weighted by Crippen LogP contribution is -2.11. The highest BCUT2D eigenvalue weighted by atomic mass is 35.5. The first-order valence-electron chi connectivity index (χ1n) is 8.90. The molecule has 0 N–H and O–H groups in total. The van der Waals surface area contributed by atoms with Crippen LogP contribution in [0.3, 0.4) is 0 Å². The standard InChI is InChI=1S/C22H17ClF2O5S/c1-29-21-17(23)9-14(22(26)30-2)10-20(21)31(27,28)12-15-8-16(19(25)11-18(15)24)13-6-4-3-5-7-13/h3-11H,12H2,1-2H3. The van der Waals surface area contributed by atoms with Crippen molar-refractivity contribution >= 4 is 27.4 Å². The highest BCUT2D eigenvalue weighted by molar-refractivity contribution is 7.90. The van der Waals surface area contributed by atoms with Gasteiger partial charge in [0.05, 0.1) is 30.6 Å². The van der Waals surface area contributed by atoms with E-state index in [9.17, 15) is 22.0 Å². The highest BCUT2D eigenvalue weighted by Gasteiger charge is 2.27. The molecule has 0 saturated heterocycles. The van der Waals surface area contributed by atoms with Crippen molar-refractivity contribution in [2.75, 3.05) is 14.2 Å². The Balaban J connectivity index is 2.11. The lowest BCUT2D eigenvalue weighted by molar-refractivity contribution is 0.0600. The number of halogens is 3. The predicted octanol–water partition coefficient (Wildman–Crippen LogP) is 5.05. The van der Waals surface area contributed by atoms with Crippen molar-refractivity contribution in [3.05, 3.63) is 82.4 Å². The van der Waals surface area contributed by atoms with Gasteiger partial charge in [0.2, 0.25) is 0 Å². The summed E-state index contributed by atoms with van der Waals surface area (Å²) < 4.78 is 64.8. The maximum absolute atomic E-state index is 14.5. The largest absolute Gasteiger partial charge is 0.494 e. The number of benzene rings is 3. The van der Waals surface area contributed by atoms with Crippen molar-refractivity contribution in [2.45, 2.75) is 10.6 Å². The lowest BCUT2D eigenvalue weighted by Gasteiger charge is -2.14. The number of carbonyl (C=O) groups is 1. The molecule has 0 aromatic heterocycles. The minimum Gasteiger partial charge on any atom is -0.494 e. The Morgan fingerprint density at radius 1 is 1.00 bits per heavy atom. The van der Waals surface area contributed by atoms with Crippen LogP contribution < -0.4 is 4.74 Å². The maximum Gasteiger partial charge on any atom is 0.337 e. The fraction of sp³-hybridized carbons (Fsp3) is 0.136. The van der Waals surface area contributed by atoms with Gasteiger partial charge in [-0.2, -0.15) is 0 Å². The van der Waals surface area contributed by atoms with Crippen LogP contribution in [0.25, 0.3) is 11.1 Å². The van der Waals surface area contributed by atoms with E-state index in [4.69, 9.17) is 16.3 Å². The van der Waals surface area contributed by atoms with E-state index < -0.39 is 38.1 Å². The fourth-order valence-electron chi connectivity index (χ4n) is 3.06. The summed E-state index contributed by atoms with van der Waals surface area (Å²) in [6.45, 7) is 0. The molecule has 0 saturated carbocycles. The Morgan fingerprint density at radius 3 is 2.29 bits per heavy atom. The molecule has 0 aliphatic heterocycles. The van der Waals surface area contributed by atoms with Crippen LogP contribution in [0, 0.1) is 11.6 Å². The monoisotopic (exact) mass is 466 g/mol. The summed E-state index contributed by atoms with van der Waals surface area (Å²) in [5.41, 5.74) is 0.158. The van der Waals surface area contributed by atoms with Gasteiger partial charge in [-0.1, -0.05) is 41.9 Å². The van der Waals surface area contributed by atoms with Crippen molar-refractivity contribution in [3.63, 3.8) is 0 Å². The van der Waals surface area contributed by atoms with Crippen molar-refractivity contribution in [3.8, 4) is 16.9 Å². The Bertz CT molecular complexity index is 1240. The Hall–Kier alpha value is -2.97. The van der Waals surface area contributed by atoms with Crippen molar-refractivity contribution in [2.24, 2.45) is 0 Å². The Labute approximate surface area is 183 Å². The molecule has 0 heterocycles. The number of esters is 1. The van der Waals surface area contributed by atoms with E-state index >= 15 is 0 Å². The molecule has 0 atom stereocenters. The average molecular weight is 467 g/mol. The molecule has 31 heavy (non-hydrogen) atoms. The fourth-order valence-corrected chi connectivity index (χ4v) is 4.98. The summed E-state index contributed by atoms with van der Waals surface area (Å²) in [4.78, 5) is 11.5. The quantitative estimate of drug-likeness (QED) is 0.475. The van der Waals surface area contributed by atoms with Gasteiger partial charge in [-0.25, -0.2) is 22.0 Å². The smallest absolute Gasteiger partial charge is 0.337 e. The maximum atomic E-state index is 14.5. The number of methoxy groups -OCH3 is 2. The summed E-state index contributed by atoms with van der Waals surface area (Å²) >= 11 is 6.08. The van der Waals surface area contributed by atoms with E-state index in [-0.39, 0.29) is 27.5 Å². The van der Waals surface area contributed by atoms with E-state index in [0.717, 1.165) is 19.2 Å². The van der Waals surface area contributed by atoms with Crippen molar-refractivity contribution < 1.29 is 31.5 Å². The summed E-state index contributed by atoms with van der Waals surface area (Å²) in [6.07, 6.45) is 0. The summed E-state index contributed by atoms with van der Waals surface area (Å²) in [7, 11) is -1.91. The second-order valence-electron chi connectivity index (χ2n) is 6.53. The first-order valence-corrected chi connectivity index (χ1v) is 10.9. The summed E-state index contributed by atoms with van der Waals surface area (Å²) in [5, 5.41) is -0.131. The van der Waals surface area contributed by atoms with Crippen molar-refractivity contribution in [1.29, 1.82) is 0 Å². The summed E-state index contributed by atoms with van der Waals surface area (Å²) in [5.74, 6) is -3.65. The van der Waals surface area contributed by atoms with E-state index in [1.54, 1.807) is 30.3 Å². The molecule has 0 aliphatic rings. The molecule has 0 radical (unpaired) electrons. The molecule has 0 fully saturated rings. The van der Waals surface area contributed by atoms with Gasteiger partial charge in [0.15, 0.2) is 15.6 Å². The van der Waals surface area contributed by atoms with E-state index in [2.05, 4.69) is 4.74 Å². The minimum atomic E-state index is -4.26. The molecule has 0 bridgehead atoms. The third-order valence-electron chi connectivity index (χ3n) is 4.54. The van der Waals surface area contributed by atoms with E-state index in [0.29, 0.717) is 11.6 Å². The van der Waals surface area contributed by atoms with Gasteiger partial charge in [0.1, 0.15) is 16.5 Å². The number of ether oxygens (including phenoxy) is 2. The van der Waals surface area contributed by atoms with Crippen LogP contribution in [-0.2, 0) is 20.3 Å². The van der Waals surface area contributed by atoms with Gasteiger partial charge < -0.3 is 9.47 Å². The molecule has 5 nitrogen and oxygen atoms in total. The van der Waals surface area contributed by atoms with E-state index in [1.807, 2.05) is 0 Å². The topological polar surface area (TPSA) is 69.7 Å². The van der Waals surface area contributed by atoms with Gasteiger partial charge >= 0.3 is 5.97 Å². The number of sulfone groups is 1. The van der Waals surface area contributed by atoms with Gasteiger partial charge in [-0.05, 0) is 23.8 Å². The van der Waals surface area contributed by atoms with Crippen LogP contribution >= 0.6 is 11.6 Å². The zero-order valence-electron chi connectivity index (χ0n) is 16.5.